The Kier molecular flexibility index (Phi) is 5.52. The number of carbonyl (C=O) groups is 1. The smallest absolute Gasteiger partial charge is 0.271 e. The average Bonchev–Trinajstić information content (AvgIpc) is 2.55. The third-order valence-electron chi connectivity index (χ3n) is 2.99. The van der Waals surface area contributed by atoms with Crippen LogP contribution in [0.2, 0.25) is 0 Å². The highest BCUT2D eigenvalue weighted by molar-refractivity contribution is 5.94. The summed E-state index contributed by atoms with van der Waals surface area (Å²) >= 11 is 0. The second-order valence-electron chi connectivity index (χ2n) is 4.51. The van der Waals surface area contributed by atoms with Gasteiger partial charge in [0.25, 0.3) is 5.91 Å². The molecule has 0 radical (unpaired) electrons. The first-order valence-electron chi connectivity index (χ1n) is 6.79. The van der Waals surface area contributed by atoms with Crippen LogP contribution in [0.5, 0.6) is 5.75 Å². The molecule has 0 fully saturated rings. The van der Waals surface area contributed by atoms with E-state index in [4.69, 9.17) is 4.74 Å². The molecule has 0 atom stereocenters. The Morgan fingerprint density at radius 3 is 2.76 bits per heavy atom. The maximum absolute atomic E-state index is 11.9. The number of nitrogens with one attached hydrogen (secondary N) is 1. The number of ether oxygens (including phenoxy) is 1. The summed E-state index contributed by atoms with van der Waals surface area (Å²) in [5.74, 6) is 0.403. The van der Waals surface area contributed by atoms with Crippen molar-refractivity contribution in [1.29, 1.82) is 0 Å². The lowest BCUT2D eigenvalue weighted by atomic mass is 10.1. The van der Waals surface area contributed by atoms with Crippen LogP contribution in [0.1, 0.15) is 22.3 Å². The van der Waals surface area contributed by atoms with Gasteiger partial charge in [0.2, 0.25) is 0 Å². The summed E-state index contributed by atoms with van der Waals surface area (Å²) in [5.41, 5.74) is 4.29. The lowest BCUT2D eigenvalue weighted by molar-refractivity contribution is 0.0954. The summed E-state index contributed by atoms with van der Waals surface area (Å²) in [6.45, 7) is 0. The second-order valence-corrected chi connectivity index (χ2v) is 4.51. The van der Waals surface area contributed by atoms with Crippen LogP contribution in [0.4, 0.5) is 0 Å². The van der Waals surface area contributed by atoms with Crippen LogP contribution in [0.25, 0.3) is 0 Å². The second kappa shape index (κ2) is 7.85. The molecule has 0 unspecified atom stereocenters. The summed E-state index contributed by atoms with van der Waals surface area (Å²) in [7, 11) is 1.57. The van der Waals surface area contributed by atoms with Crippen molar-refractivity contribution in [2.45, 2.75) is 12.8 Å². The van der Waals surface area contributed by atoms with Crippen molar-refractivity contribution in [1.82, 2.24) is 5.43 Å². The van der Waals surface area contributed by atoms with Gasteiger partial charge in [-0.1, -0.05) is 36.4 Å². The fourth-order valence-electron chi connectivity index (χ4n) is 1.87. The van der Waals surface area contributed by atoms with Crippen molar-refractivity contribution in [2.75, 3.05) is 7.11 Å². The molecule has 0 heterocycles. The highest BCUT2D eigenvalue weighted by Crippen LogP contribution is 2.12. The molecule has 1 N–H and O–H groups in total. The zero-order chi connectivity index (χ0) is 14.9. The summed E-state index contributed by atoms with van der Waals surface area (Å²) in [6, 6.07) is 17.1. The Morgan fingerprint density at radius 2 is 2.00 bits per heavy atom. The first-order valence-corrected chi connectivity index (χ1v) is 6.79. The number of methoxy groups -OCH3 is 1. The van der Waals surface area contributed by atoms with Crippen molar-refractivity contribution < 1.29 is 9.53 Å². The van der Waals surface area contributed by atoms with Crippen molar-refractivity contribution in [2.24, 2.45) is 5.10 Å². The predicted molar refractivity (Wildman–Crippen MR) is 83.7 cm³/mol. The van der Waals surface area contributed by atoms with E-state index in [0.717, 1.165) is 12.8 Å². The van der Waals surface area contributed by atoms with E-state index in [1.54, 1.807) is 37.6 Å². The Hall–Kier alpha value is -2.62. The molecule has 0 aliphatic carbocycles. The third-order valence-corrected chi connectivity index (χ3v) is 2.99. The van der Waals surface area contributed by atoms with Gasteiger partial charge in [0.05, 0.1) is 7.11 Å². The third kappa shape index (κ3) is 4.76. The van der Waals surface area contributed by atoms with Gasteiger partial charge < -0.3 is 4.74 Å². The van der Waals surface area contributed by atoms with Gasteiger partial charge in [0.1, 0.15) is 5.75 Å². The van der Waals surface area contributed by atoms with Crippen molar-refractivity contribution in [3.05, 3.63) is 65.7 Å². The number of carbonyl (C=O) groups excluding carboxylic acids is 1. The van der Waals surface area contributed by atoms with Crippen LogP contribution in [-0.2, 0) is 6.42 Å². The van der Waals surface area contributed by atoms with Crippen molar-refractivity contribution in [3.63, 3.8) is 0 Å². The molecule has 1 amide bonds. The number of benzene rings is 2. The number of hydrogen-bond donors (Lipinski definition) is 1. The number of aryl methyl sites for hydroxylation is 1. The maximum atomic E-state index is 11.9. The molecule has 2 aromatic rings. The van der Waals surface area contributed by atoms with Gasteiger partial charge in [-0.2, -0.15) is 5.10 Å². The predicted octanol–water partition coefficient (Wildman–Crippen LogP) is 3.04. The first-order chi connectivity index (χ1) is 10.3. The molecule has 4 heteroatoms. The van der Waals surface area contributed by atoms with Crippen LogP contribution >= 0.6 is 0 Å². The Morgan fingerprint density at radius 1 is 1.19 bits per heavy atom. The van der Waals surface area contributed by atoms with Gasteiger partial charge in [-0.15, -0.1) is 0 Å². The van der Waals surface area contributed by atoms with Gasteiger partial charge in [-0.3, -0.25) is 4.79 Å². The minimum atomic E-state index is -0.245. The topological polar surface area (TPSA) is 50.7 Å². The van der Waals surface area contributed by atoms with Crippen LogP contribution in [0.15, 0.2) is 59.7 Å². The fourth-order valence-corrected chi connectivity index (χ4v) is 1.87. The van der Waals surface area contributed by atoms with E-state index in [-0.39, 0.29) is 5.91 Å². The minimum absolute atomic E-state index is 0.245. The average molecular weight is 282 g/mol. The first kappa shape index (κ1) is 14.8. The number of hydrazone groups is 1. The number of rotatable bonds is 6. The molecule has 0 spiro atoms. The van der Waals surface area contributed by atoms with Crippen LogP contribution < -0.4 is 10.2 Å². The van der Waals surface area contributed by atoms with Crippen LogP contribution in [-0.4, -0.2) is 19.2 Å². The van der Waals surface area contributed by atoms with E-state index in [0.29, 0.717) is 11.3 Å². The zero-order valence-electron chi connectivity index (χ0n) is 12.0. The van der Waals surface area contributed by atoms with E-state index in [2.05, 4.69) is 22.7 Å². The molecule has 0 saturated carbocycles. The molecule has 0 saturated heterocycles. The normalized spacial score (nSPS) is 10.5. The van der Waals surface area contributed by atoms with Crippen LogP contribution in [0.3, 0.4) is 0 Å². The molecule has 0 aliphatic heterocycles. The highest BCUT2D eigenvalue weighted by atomic mass is 16.5. The monoisotopic (exact) mass is 282 g/mol. The van der Waals surface area contributed by atoms with E-state index < -0.39 is 0 Å². The molecular weight excluding hydrogens is 264 g/mol. The van der Waals surface area contributed by atoms with Crippen molar-refractivity contribution >= 4 is 12.1 Å². The van der Waals surface area contributed by atoms with Gasteiger partial charge in [0.15, 0.2) is 0 Å². The molecule has 21 heavy (non-hydrogen) atoms. The number of nitrogens with zero attached hydrogens (tertiary/aromatic N) is 1. The SMILES string of the molecule is COc1cccc(C(=O)N/N=C/CCc2ccccc2)c1. The molecule has 0 aromatic heterocycles. The minimum Gasteiger partial charge on any atom is -0.497 e. The standard InChI is InChI=1S/C17H18N2O2/c1-21-16-11-5-10-15(13-16)17(20)19-18-12-6-9-14-7-3-2-4-8-14/h2-5,7-8,10-13H,6,9H2,1H3,(H,19,20)/b18-12+. The van der Waals surface area contributed by atoms with Gasteiger partial charge in [-0.25, -0.2) is 5.43 Å². The molecule has 0 bridgehead atoms. The van der Waals surface area contributed by atoms with Gasteiger partial charge >= 0.3 is 0 Å². The largest absolute Gasteiger partial charge is 0.497 e. The number of amides is 1. The van der Waals surface area contributed by atoms with Crippen LogP contribution in [0, 0.1) is 0 Å². The van der Waals surface area contributed by atoms with Crippen molar-refractivity contribution in [3.8, 4) is 5.75 Å². The number of hydrogen-bond acceptors (Lipinski definition) is 3. The summed E-state index contributed by atoms with van der Waals surface area (Å²) in [4.78, 5) is 11.9. The molecule has 2 rings (SSSR count). The highest BCUT2D eigenvalue weighted by Gasteiger charge is 2.04. The molecule has 108 valence electrons. The fraction of sp³-hybridized carbons (Fsp3) is 0.176. The maximum Gasteiger partial charge on any atom is 0.271 e. The summed E-state index contributed by atoms with van der Waals surface area (Å²) in [6.07, 6.45) is 3.40. The Balaban J connectivity index is 1.79. The molecular formula is C17H18N2O2. The van der Waals surface area contributed by atoms with Gasteiger partial charge in [-0.05, 0) is 36.6 Å². The molecule has 0 aliphatic rings. The zero-order valence-corrected chi connectivity index (χ0v) is 12.0. The lowest BCUT2D eigenvalue weighted by Crippen LogP contribution is -2.17. The lowest BCUT2D eigenvalue weighted by Gasteiger charge is -2.03. The summed E-state index contributed by atoms with van der Waals surface area (Å²) < 4.78 is 5.08. The van der Waals surface area contributed by atoms with E-state index in [9.17, 15) is 4.79 Å². The Labute approximate surface area is 124 Å². The van der Waals surface area contributed by atoms with Gasteiger partial charge in [0, 0.05) is 11.8 Å². The molecule has 4 nitrogen and oxygen atoms in total. The van der Waals surface area contributed by atoms with E-state index in [1.165, 1.54) is 5.56 Å². The summed E-state index contributed by atoms with van der Waals surface area (Å²) in [5, 5.41) is 3.95. The molecule has 2 aromatic carbocycles. The van der Waals surface area contributed by atoms with E-state index >= 15 is 0 Å². The van der Waals surface area contributed by atoms with E-state index in [1.807, 2.05) is 18.2 Å². The Bertz CT molecular complexity index is 609. The quantitative estimate of drug-likeness (QED) is 0.654.